The fourth-order valence-corrected chi connectivity index (χ4v) is 1.50. The van der Waals surface area contributed by atoms with Crippen LogP contribution in [-0.4, -0.2) is 29.8 Å². The largest absolute Gasteiger partial charge is 0.469 e. The summed E-state index contributed by atoms with van der Waals surface area (Å²) >= 11 is 0. The summed E-state index contributed by atoms with van der Waals surface area (Å²) in [4.78, 5) is 10.9. The Morgan fingerprint density at radius 2 is 2.25 bits per heavy atom. The minimum atomic E-state index is -0.848. The standard InChI is InChI=1S/C8H15NO3/c1-5(9)8(11)3-6(4-8)7(10)12-2/h5-6,11H,3-4,9H2,1-2H3. The van der Waals surface area contributed by atoms with E-state index < -0.39 is 5.60 Å². The molecule has 0 aromatic rings. The number of esters is 1. The van der Waals surface area contributed by atoms with E-state index >= 15 is 0 Å². The molecule has 1 fully saturated rings. The van der Waals surface area contributed by atoms with Crippen molar-refractivity contribution in [3.63, 3.8) is 0 Å². The minimum Gasteiger partial charge on any atom is -0.469 e. The Kier molecular flexibility index (Phi) is 2.39. The molecule has 4 nitrogen and oxygen atoms in total. The van der Waals surface area contributed by atoms with Crippen molar-refractivity contribution >= 4 is 5.97 Å². The topological polar surface area (TPSA) is 72.5 Å². The first kappa shape index (κ1) is 9.48. The van der Waals surface area contributed by atoms with Gasteiger partial charge in [-0.2, -0.15) is 0 Å². The number of rotatable bonds is 2. The van der Waals surface area contributed by atoms with Crippen LogP contribution in [0.5, 0.6) is 0 Å². The molecular formula is C8H15NO3. The lowest BCUT2D eigenvalue weighted by Gasteiger charge is -2.44. The van der Waals surface area contributed by atoms with Crippen LogP contribution in [0.2, 0.25) is 0 Å². The van der Waals surface area contributed by atoms with E-state index in [1.54, 1.807) is 6.92 Å². The van der Waals surface area contributed by atoms with Gasteiger partial charge in [-0.15, -0.1) is 0 Å². The van der Waals surface area contributed by atoms with Gasteiger partial charge in [-0.1, -0.05) is 0 Å². The number of methoxy groups -OCH3 is 1. The van der Waals surface area contributed by atoms with Crippen LogP contribution in [0.3, 0.4) is 0 Å². The van der Waals surface area contributed by atoms with Crippen LogP contribution in [0.4, 0.5) is 0 Å². The van der Waals surface area contributed by atoms with Crippen LogP contribution in [0.15, 0.2) is 0 Å². The van der Waals surface area contributed by atoms with E-state index in [4.69, 9.17) is 5.73 Å². The van der Waals surface area contributed by atoms with Gasteiger partial charge in [0.2, 0.25) is 0 Å². The quantitative estimate of drug-likeness (QED) is 0.560. The first-order valence-electron chi connectivity index (χ1n) is 4.05. The lowest BCUT2D eigenvalue weighted by atomic mass is 9.67. The molecule has 1 aliphatic rings. The molecule has 0 aromatic heterocycles. The van der Waals surface area contributed by atoms with E-state index in [0.717, 1.165) is 0 Å². The van der Waals surface area contributed by atoms with Crippen LogP contribution in [0.1, 0.15) is 19.8 Å². The van der Waals surface area contributed by atoms with Gasteiger partial charge in [-0.25, -0.2) is 0 Å². The second-order valence-corrected chi connectivity index (χ2v) is 3.52. The monoisotopic (exact) mass is 173 g/mol. The number of hydrogen-bond donors (Lipinski definition) is 2. The Labute approximate surface area is 71.7 Å². The van der Waals surface area contributed by atoms with Gasteiger partial charge in [0.05, 0.1) is 18.6 Å². The van der Waals surface area contributed by atoms with E-state index in [1.807, 2.05) is 0 Å². The average Bonchev–Trinajstić information content (AvgIpc) is 1.96. The fraction of sp³-hybridized carbons (Fsp3) is 0.875. The van der Waals surface area contributed by atoms with Gasteiger partial charge in [0, 0.05) is 6.04 Å². The molecule has 1 atom stereocenters. The highest BCUT2D eigenvalue weighted by Crippen LogP contribution is 2.40. The lowest BCUT2D eigenvalue weighted by molar-refractivity contribution is -0.163. The van der Waals surface area contributed by atoms with E-state index in [9.17, 15) is 9.90 Å². The van der Waals surface area contributed by atoms with Crippen molar-refractivity contribution < 1.29 is 14.6 Å². The Morgan fingerprint density at radius 3 is 2.58 bits per heavy atom. The predicted molar refractivity (Wildman–Crippen MR) is 43.3 cm³/mol. The van der Waals surface area contributed by atoms with Crippen LogP contribution in [0, 0.1) is 5.92 Å². The summed E-state index contributed by atoms with van der Waals surface area (Å²) < 4.78 is 4.54. The molecule has 4 heteroatoms. The number of hydrogen-bond acceptors (Lipinski definition) is 4. The lowest BCUT2D eigenvalue weighted by Crippen LogP contribution is -2.57. The third-order valence-electron chi connectivity index (χ3n) is 2.58. The van der Waals surface area contributed by atoms with Crippen LogP contribution in [0.25, 0.3) is 0 Å². The van der Waals surface area contributed by atoms with Crippen molar-refractivity contribution in [1.29, 1.82) is 0 Å². The Hall–Kier alpha value is -0.610. The first-order chi connectivity index (χ1) is 5.49. The smallest absolute Gasteiger partial charge is 0.308 e. The molecule has 0 saturated heterocycles. The summed E-state index contributed by atoms with van der Waals surface area (Å²) in [5.74, 6) is -0.411. The Morgan fingerprint density at radius 1 is 1.75 bits per heavy atom. The van der Waals surface area contributed by atoms with Gasteiger partial charge in [0.15, 0.2) is 0 Å². The molecule has 12 heavy (non-hydrogen) atoms. The molecule has 0 amide bonds. The number of carbonyl (C=O) groups excluding carboxylic acids is 1. The molecule has 1 saturated carbocycles. The van der Waals surface area contributed by atoms with Gasteiger partial charge < -0.3 is 15.6 Å². The van der Waals surface area contributed by atoms with Crippen molar-refractivity contribution in [1.82, 2.24) is 0 Å². The van der Waals surface area contributed by atoms with E-state index in [0.29, 0.717) is 12.8 Å². The molecule has 0 aliphatic heterocycles. The highest BCUT2D eigenvalue weighted by atomic mass is 16.5. The highest BCUT2D eigenvalue weighted by molar-refractivity contribution is 5.73. The Balaban J connectivity index is 2.41. The summed E-state index contributed by atoms with van der Waals surface area (Å²) in [6.07, 6.45) is 0.856. The number of nitrogens with two attached hydrogens (primary N) is 1. The normalized spacial score (nSPS) is 36.8. The molecule has 0 heterocycles. The molecule has 1 aliphatic carbocycles. The van der Waals surface area contributed by atoms with Gasteiger partial charge >= 0.3 is 5.97 Å². The predicted octanol–water partition coefficient (Wildman–Crippen LogP) is -0.352. The van der Waals surface area contributed by atoms with Gasteiger partial charge in [0.1, 0.15) is 0 Å². The second-order valence-electron chi connectivity index (χ2n) is 3.52. The molecule has 0 aromatic carbocycles. The zero-order valence-corrected chi connectivity index (χ0v) is 7.41. The molecule has 1 unspecified atom stereocenters. The zero-order valence-electron chi connectivity index (χ0n) is 7.41. The van der Waals surface area contributed by atoms with Crippen molar-refractivity contribution in [3.8, 4) is 0 Å². The van der Waals surface area contributed by atoms with Gasteiger partial charge in [-0.3, -0.25) is 4.79 Å². The van der Waals surface area contributed by atoms with Crippen molar-refractivity contribution in [2.75, 3.05) is 7.11 Å². The molecule has 1 rings (SSSR count). The van der Waals surface area contributed by atoms with E-state index in [2.05, 4.69) is 4.74 Å². The molecule has 70 valence electrons. The van der Waals surface area contributed by atoms with Crippen LogP contribution in [-0.2, 0) is 9.53 Å². The molecular weight excluding hydrogens is 158 g/mol. The fourth-order valence-electron chi connectivity index (χ4n) is 1.50. The summed E-state index contributed by atoms with van der Waals surface area (Å²) in [5, 5.41) is 9.67. The summed E-state index contributed by atoms with van der Waals surface area (Å²) in [6, 6.07) is -0.279. The number of aliphatic hydroxyl groups is 1. The maximum absolute atomic E-state index is 10.9. The molecule has 0 radical (unpaired) electrons. The molecule has 0 bridgehead atoms. The maximum atomic E-state index is 10.9. The minimum absolute atomic E-state index is 0.161. The van der Waals surface area contributed by atoms with E-state index in [1.165, 1.54) is 7.11 Å². The average molecular weight is 173 g/mol. The van der Waals surface area contributed by atoms with Gasteiger partial charge in [-0.05, 0) is 19.8 Å². The second kappa shape index (κ2) is 3.03. The summed E-state index contributed by atoms with van der Waals surface area (Å²) in [5.41, 5.74) is 4.69. The van der Waals surface area contributed by atoms with E-state index in [-0.39, 0.29) is 17.9 Å². The van der Waals surface area contributed by atoms with Crippen LogP contribution < -0.4 is 5.73 Å². The summed E-state index contributed by atoms with van der Waals surface area (Å²) in [7, 11) is 1.35. The van der Waals surface area contributed by atoms with Crippen molar-refractivity contribution in [2.24, 2.45) is 11.7 Å². The SMILES string of the molecule is COC(=O)C1CC(O)(C(C)N)C1. The third kappa shape index (κ3) is 1.44. The van der Waals surface area contributed by atoms with Crippen LogP contribution >= 0.6 is 0 Å². The number of ether oxygens (including phenoxy) is 1. The van der Waals surface area contributed by atoms with Gasteiger partial charge in [0.25, 0.3) is 0 Å². The molecule has 3 N–H and O–H groups in total. The van der Waals surface area contributed by atoms with Crippen molar-refractivity contribution in [3.05, 3.63) is 0 Å². The maximum Gasteiger partial charge on any atom is 0.308 e. The summed E-state index contributed by atoms with van der Waals surface area (Å²) in [6.45, 7) is 1.74. The number of carbonyl (C=O) groups is 1. The first-order valence-corrected chi connectivity index (χ1v) is 4.05. The third-order valence-corrected chi connectivity index (χ3v) is 2.58. The Bertz CT molecular complexity index is 185. The zero-order chi connectivity index (χ0) is 9.35. The van der Waals surface area contributed by atoms with Crippen molar-refractivity contribution in [2.45, 2.75) is 31.4 Å². The molecule has 0 spiro atoms. The highest BCUT2D eigenvalue weighted by Gasteiger charge is 2.48.